The van der Waals surface area contributed by atoms with Crippen molar-refractivity contribution in [3.63, 3.8) is 0 Å². The molecule has 2 aliphatic rings. The second kappa shape index (κ2) is 8.89. The van der Waals surface area contributed by atoms with Crippen LogP contribution in [0.3, 0.4) is 0 Å². The molecule has 0 spiro atoms. The van der Waals surface area contributed by atoms with E-state index in [0.717, 1.165) is 35.7 Å². The van der Waals surface area contributed by atoms with Crippen LogP contribution in [-0.4, -0.2) is 33.4 Å². The van der Waals surface area contributed by atoms with Crippen LogP contribution in [0.2, 0.25) is 0 Å². The summed E-state index contributed by atoms with van der Waals surface area (Å²) in [5.74, 6) is -0.174. The van der Waals surface area contributed by atoms with Gasteiger partial charge in [-0.05, 0) is 56.7 Å². The fourth-order valence-electron chi connectivity index (χ4n) is 5.21. The molecule has 5 rings (SSSR count). The number of fused-ring (bicyclic) bond motifs is 3. The molecule has 2 heterocycles. The Labute approximate surface area is 195 Å². The normalized spacial score (nSPS) is 20.5. The molecule has 170 valence electrons. The summed E-state index contributed by atoms with van der Waals surface area (Å²) >= 11 is 0. The summed E-state index contributed by atoms with van der Waals surface area (Å²) in [5.41, 5.74) is 3.16. The minimum absolute atomic E-state index is 0.0637. The smallest absolute Gasteiger partial charge is 0.271 e. The van der Waals surface area contributed by atoms with E-state index in [0.29, 0.717) is 25.3 Å². The highest BCUT2D eigenvalue weighted by atomic mass is 16.2. The number of hydrogen-bond donors (Lipinski definition) is 1. The van der Waals surface area contributed by atoms with Crippen molar-refractivity contribution < 1.29 is 9.59 Å². The van der Waals surface area contributed by atoms with E-state index in [1.165, 1.54) is 18.4 Å². The Bertz CT molecular complexity index is 1210. The van der Waals surface area contributed by atoms with Crippen molar-refractivity contribution in [1.82, 2.24) is 14.8 Å². The molecular weight excluding hydrogens is 410 g/mol. The first-order chi connectivity index (χ1) is 16.1. The molecule has 2 amide bonds. The predicted octanol–water partition coefficient (Wildman–Crippen LogP) is 5.06. The summed E-state index contributed by atoms with van der Waals surface area (Å²) in [6, 6.07) is 19.9. The number of nitrogens with one attached hydrogen (secondary N) is 1. The second-order valence-corrected chi connectivity index (χ2v) is 9.43. The van der Waals surface area contributed by atoms with Crippen molar-refractivity contribution in [2.45, 2.75) is 57.7 Å². The third-order valence-corrected chi connectivity index (χ3v) is 7.16. The standard InChI is InChI=1S/C28H31N3O2/c1-28(27(33)29-19-22-12-6-3-7-13-22)20-30-24-15-9-8-14-23(24)18-25(30)26(32)31(28)17-16-21-10-4-2-5-11-21/h3,6-10,12-15,18H,2,4-5,11,16-17,19-20H2,1H3,(H,29,33)/t28-/m0/s1. The first-order valence-corrected chi connectivity index (χ1v) is 12.0. The van der Waals surface area contributed by atoms with Gasteiger partial charge in [0.2, 0.25) is 5.91 Å². The number of rotatable bonds is 6. The molecule has 1 aliphatic carbocycles. The molecule has 0 saturated heterocycles. The van der Waals surface area contributed by atoms with E-state index in [1.807, 2.05) is 77.1 Å². The van der Waals surface area contributed by atoms with Crippen LogP contribution in [-0.2, 0) is 17.9 Å². The lowest BCUT2D eigenvalue weighted by Gasteiger charge is -2.44. The molecule has 33 heavy (non-hydrogen) atoms. The number of allylic oxidation sites excluding steroid dienone is 1. The molecule has 0 bridgehead atoms. The Morgan fingerprint density at radius 2 is 1.85 bits per heavy atom. The summed E-state index contributed by atoms with van der Waals surface area (Å²) in [4.78, 5) is 29.2. The van der Waals surface area contributed by atoms with Crippen LogP contribution in [0.5, 0.6) is 0 Å². The molecule has 1 N–H and O–H groups in total. The molecule has 1 atom stereocenters. The van der Waals surface area contributed by atoms with Crippen molar-refractivity contribution in [1.29, 1.82) is 0 Å². The lowest BCUT2D eigenvalue weighted by atomic mass is 9.92. The molecule has 5 nitrogen and oxygen atoms in total. The third-order valence-electron chi connectivity index (χ3n) is 7.16. The second-order valence-electron chi connectivity index (χ2n) is 9.43. The first kappa shape index (κ1) is 21.5. The van der Waals surface area contributed by atoms with E-state index in [2.05, 4.69) is 11.4 Å². The Balaban J connectivity index is 1.46. The Morgan fingerprint density at radius 1 is 1.06 bits per heavy atom. The van der Waals surface area contributed by atoms with Crippen LogP contribution in [0.25, 0.3) is 10.9 Å². The van der Waals surface area contributed by atoms with E-state index in [4.69, 9.17) is 0 Å². The molecule has 5 heteroatoms. The average molecular weight is 442 g/mol. The zero-order valence-electron chi connectivity index (χ0n) is 19.2. The summed E-state index contributed by atoms with van der Waals surface area (Å²) < 4.78 is 2.02. The fraction of sp³-hybridized carbons (Fsp3) is 0.357. The van der Waals surface area contributed by atoms with Crippen molar-refractivity contribution in [2.75, 3.05) is 6.54 Å². The van der Waals surface area contributed by atoms with Crippen LogP contribution < -0.4 is 5.32 Å². The van der Waals surface area contributed by atoms with Crippen molar-refractivity contribution in [3.8, 4) is 0 Å². The highest BCUT2D eigenvalue weighted by molar-refractivity contribution is 6.03. The lowest BCUT2D eigenvalue weighted by Crippen LogP contribution is -2.64. The highest BCUT2D eigenvalue weighted by Gasteiger charge is 2.47. The van der Waals surface area contributed by atoms with Gasteiger partial charge in [-0.2, -0.15) is 0 Å². The molecule has 0 unspecified atom stereocenters. The van der Waals surface area contributed by atoms with Crippen molar-refractivity contribution >= 4 is 22.7 Å². The highest BCUT2D eigenvalue weighted by Crippen LogP contribution is 2.33. The van der Waals surface area contributed by atoms with E-state index in [-0.39, 0.29) is 11.8 Å². The van der Waals surface area contributed by atoms with E-state index >= 15 is 0 Å². The minimum atomic E-state index is -0.962. The van der Waals surface area contributed by atoms with Gasteiger partial charge in [0.05, 0.1) is 6.54 Å². The molecular formula is C28H31N3O2. The SMILES string of the molecule is C[C@@]1(C(=O)NCc2ccccc2)Cn2c(cc3ccccc32)C(=O)N1CCC1=CCCCC1. The van der Waals surface area contributed by atoms with Gasteiger partial charge in [-0.15, -0.1) is 0 Å². The third kappa shape index (κ3) is 4.08. The van der Waals surface area contributed by atoms with E-state index in [1.54, 1.807) is 0 Å². The monoisotopic (exact) mass is 441 g/mol. The quantitative estimate of drug-likeness (QED) is 0.544. The summed E-state index contributed by atoms with van der Waals surface area (Å²) in [6.45, 7) is 3.36. The molecule has 2 aromatic carbocycles. The van der Waals surface area contributed by atoms with Crippen LogP contribution in [0.15, 0.2) is 72.3 Å². The zero-order valence-corrected chi connectivity index (χ0v) is 19.2. The summed E-state index contributed by atoms with van der Waals surface area (Å²) in [5, 5.41) is 4.14. The molecule has 1 aliphatic heterocycles. The fourth-order valence-corrected chi connectivity index (χ4v) is 5.21. The first-order valence-electron chi connectivity index (χ1n) is 12.0. The lowest BCUT2D eigenvalue weighted by molar-refractivity contribution is -0.133. The minimum Gasteiger partial charge on any atom is -0.350 e. The van der Waals surface area contributed by atoms with Gasteiger partial charge in [-0.25, -0.2) is 0 Å². The Kier molecular flexibility index (Phi) is 5.79. The number of benzene rings is 2. The number of carbonyl (C=O) groups is 2. The molecule has 0 fully saturated rings. The van der Waals surface area contributed by atoms with Crippen LogP contribution in [0.4, 0.5) is 0 Å². The largest absolute Gasteiger partial charge is 0.350 e. The Morgan fingerprint density at radius 3 is 2.64 bits per heavy atom. The van der Waals surface area contributed by atoms with Crippen LogP contribution in [0.1, 0.15) is 55.1 Å². The van der Waals surface area contributed by atoms with Gasteiger partial charge >= 0.3 is 0 Å². The summed E-state index contributed by atoms with van der Waals surface area (Å²) in [7, 11) is 0. The van der Waals surface area contributed by atoms with Gasteiger partial charge in [0.1, 0.15) is 11.2 Å². The molecule has 0 saturated carbocycles. The topological polar surface area (TPSA) is 54.3 Å². The number of para-hydroxylation sites is 1. The Hall–Kier alpha value is -3.34. The predicted molar refractivity (Wildman–Crippen MR) is 131 cm³/mol. The maximum Gasteiger partial charge on any atom is 0.271 e. The van der Waals surface area contributed by atoms with Gasteiger partial charge in [-0.1, -0.05) is 60.2 Å². The van der Waals surface area contributed by atoms with Gasteiger partial charge < -0.3 is 14.8 Å². The summed E-state index contributed by atoms with van der Waals surface area (Å²) in [6.07, 6.45) is 7.81. The number of nitrogens with zero attached hydrogens (tertiary/aromatic N) is 2. The van der Waals surface area contributed by atoms with Gasteiger partial charge in [0.15, 0.2) is 0 Å². The molecule has 0 radical (unpaired) electrons. The molecule has 1 aromatic heterocycles. The number of carbonyl (C=O) groups excluding carboxylic acids is 2. The van der Waals surface area contributed by atoms with E-state index in [9.17, 15) is 9.59 Å². The van der Waals surface area contributed by atoms with E-state index < -0.39 is 5.54 Å². The van der Waals surface area contributed by atoms with Crippen LogP contribution in [0, 0.1) is 0 Å². The maximum atomic E-state index is 13.8. The number of hydrogen-bond acceptors (Lipinski definition) is 2. The van der Waals surface area contributed by atoms with Gasteiger partial charge in [0.25, 0.3) is 5.91 Å². The average Bonchev–Trinajstić information content (AvgIpc) is 3.22. The van der Waals surface area contributed by atoms with Gasteiger partial charge in [-0.3, -0.25) is 9.59 Å². The van der Waals surface area contributed by atoms with Crippen molar-refractivity contribution in [3.05, 3.63) is 83.6 Å². The number of aromatic nitrogens is 1. The van der Waals surface area contributed by atoms with Crippen LogP contribution >= 0.6 is 0 Å². The molecule has 3 aromatic rings. The maximum absolute atomic E-state index is 13.8. The number of amides is 2. The van der Waals surface area contributed by atoms with Gasteiger partial charge in [0, 0.05) is 24.0 Å². The van der Waals surface area contributed by atoms with Crippen molar-refractivity contribution in [2.24, 2.45) is 0 Å². The zero-order chi connectivity index (χ0) is 22.8.